The predicted octanol–water partition coefficient (Wildman–Crippen LogP) is 3.71. The fraction of sp³-hybridized carbons (Fsp3) is 0.625. The first-order chi connectivity index (χ1) is 8.66. The topological polar surface area (TPSA) is 21.3 Å². The van der Waals surface area contributed by atoms with Gasteiger partial charge in [0.15, 0.2) is 0 Å². The van der Waals surface area contributed by atoms with Crippen molar-refractivity contribution in [2.24, 2.45) is 5.92 Å². The second kappa shape index (κ2) is 5.75. The summed E-state index contributed by atoms with van der Waals surface area (Å²) in [6, 6.07) is 8.65. The Morgan fingerprint density at radius 3 is 2.50 bits per heavy atom. The Morgan fingerprint density at radius 2 is 2.00 bits per heavy atom. The quantitative estimate of drug-likeness (QED) is 0.856. The van der Waals surface area contributed by atoms with E-state index >= 15 is 0 Å². The van der Waals surface area contributed by atoms with Crippen LogP contribution in [-0.2, 0) is 5.54 Å². The molecule has 1 heterocycles. The summed E-state index contributed by atoms with van der Waals surface area (Å²) in [5.74, 6) is 1.68. The molecule has 1 fully saturated rings. The van der Waals surface area contributed by atoms with Crippen molar-refractivity contribution < 1.29 is 4.74 Å². The summed E-state index contributed by atoms with van der Waals surface area (Å²) in [5.41, 5.74) is 1.61. The molecule has 1 aromatic carbocycles. The average molecular weight is 247 g/mol. The molecule has 0 amide bonds. The van der Waals surface area contributed by atoms with Crippen LogP contribution in [0.4, 0.5) is 0 Å². The zero-order valence-electron chi connectivity index (χ0n) is 11.8. The van der Waals surface area contributed by atoms with Gasteiger partial charge in [-0.1, -0.05) is 26.0 Å². The molecule has 0 aliphatic carbocycles. The van der Waals surface area contributed by atoms with Crippen LogP contribution in [0.3, 0.4) is 0 Å². The molecule has 2 nitrogen and oxygen atoms in total. The number of nitrogens with one attached hydrogen (secondary N) is 1. The molecule has 18 heavy (non-hydrogen) atoms. The molecule has 0 saturated carbocycles. The molecule has 0 spiro atoms. The van der Waals surface area contributed by atoms with Gasteiger partial charge in [0, 0.05) is 5.54 Å². The van der Waals surface area contributed by atoms with Crippen molar-refractivity contribution in [3.63, 3.8) is 0 Å². The summed E-state index contributed by atoms with van der Waals surface area (Å²) in [4.78, 5) is 0. The van der Waals surface area contributed by atoms with E-state index in [0.29, 0.717) is 5.92 Å². The van der Waals surface area contributed by atoms with E-state index in [1.54, 1.807) is 0 Å². The third-order valence-electron chi connectivity index (χ3n) is 3.72. The zero-order valence-corrected chi connectivity index (χ0v) is 11.8. The highest BCUT2D eigenvalue weighted by molar-refractivity contribution is 5.32. The van der Waals surface area contributed by atoms with Crippen molar-refractivity contribution >= 4 is 0 Å². The minimum Gasteiger partial charge on any atom is -0.494 e. The van der Waals surface area contributed by atoms with Gasteiger partial charge in [0.2, 0.25) is 0 Å². The molecule has 1 atom stereocenters. The van der Waals surface area contributed by atoms with Crippen LogP contribution in [0.2, 0.25) is 0 Å². The van der Waals surface area contributed by atoms with E-state index in [1.165, 1.54) is 24.8 Å². The summed E-state index contributed by atoms with van der Waals surface area (Å²) < 4.78 is 5.52. The maximum Gasteiger partial charge on any atom is 0.119 e. The lowest BCUT2D eigenvalue weighted by atomic mass is 9.81. The van der Waals surface area contributed by atoms with Gasteiger partial charge in [-0.15, -0.1) is 0 Å². The SMILES string of the molecule is CCOc1ccc(C2(CC(C)C)CCCN2)cc1. The van der Waals surface area contributed by atoms with Crippen molar-refractivity contribution in [2.75, 3.05) is 13.2 Å². The smallest absolute Gasteiger partial charge is 0.119 e. The van der Waals surface area contributed by atoms with Gasteiger partial charge in [0.1, 0.15) is 5.75 Å². The van der Waals surface area contributed by atoms with Gasteiger partial charge in [-0.2, -0.15) is 0 Å². The molecule has 0 bridgehead atoms. The highest BCUT2D eigenvalue weighted by Gasteiger charge is 2.35. The van der Waals surface area contributed by atoms with E-state index in [1.807, 2.05) is 6.92 Å². The fourth-order valence-corrected chi connectivity index (χ4v) is 3.08. The standard InChI is InChI=1S/C16H25NO/c1-4-18-15-8-6-14(7-9-15)16(12-13(2)3)10-5-11-17-16/h6-9,13,17H,4-5,10-12H2,1-3H3. The molecule has 1 aliphatic heterocycles. The monoisotopic (exact) mass is 247 g/mol. The molecular weight excluding hydrogens is 222 g/mol. The third kappa shape index (κ3) is 2.86. The van der Waals surface area contributed by atoms with E-state index in [4.69, 9.17) is 4.74 Å². The Bertz CT molecular complexity index is 363. The Hall–Kier alpha value is -1.02. The highest BCUT2D eigenvalue weighted by atomic mass is 16.5. The van der Waals surface area contributed by atoms with Crippen molar-refractivity contribution in [1.82, 2.24) is 5.32 Å². The van der Waals surface area contributed by atoms with E-state index in [-0.39, 0.29) is 5.54 Å². The van der Waals surface area contributed by atoms with Crippen LogP contribution in [0, 0.1) is 5.92 Å². The van der Waals surface area contributed by atoms with Gasteiger partial charge in [0.25, 0.3) is 0 Å². The largest absolute Gasteiger partial charge is 0.494 e. The van der Waals surface area contributed by atoms with Gasteiger partial charge < -0.3 is 10.1 Å². The van der Waals surface area contributed by atoms with Gasteiger partial charge in [-0.25, -0.2) is 0 Å². The Kier molecular flexibility index (Phi) is 4.28. The minimum atomic E-state index is 0.193. The number of ether oxygens (including phenoxy) is 1. The molecule has 2 heteroatoms. The molecule has 1 N–H and O–H groups in total. The van der Waals surface area contributed by atoms with Gasteiger partial charge in [-0.05, 0) is 56.3 Å². The molecule has 1 aliphatic rings. The van der Waals surface area contributed by atoms with Crippen LogP contribution >= 0.6 is 0 Å². The Labute approximate surface area is 111 Å². The Balaban J connectivity index is 2.20. The lowest BCUT2D eigenvalue weighted by Crippen LogP contribution is -2.38. The Morgan fingerprint density at radius 1 is 1.28 bits per heavy atom. The number of hydrogen-bond donors (Lipinski definition) is 1. The zero-order chi connectivity index (χ0) is 13.0. The van der Waals surface area contributed by atoms with Crippen LogP contribution in [0.25, 0.3) is 0 Å². The van der Waals surface area contributed by atoms with Crippen LogP contribution in [0.5, 0.6) is 5.75 Å². The van der Waals surface area contributed by atoms with Gasteiger partial charge in [0.05, 0.1) is 6.61 Å². The first kappa shape index (κ1) is 13.4. The minimum absolute atomic E-state index is 0.193. The fourth-order valence-electron chi connectivity index (χ4n) is 3.08. The lowest BCUT2D eigenvalue weighted by Gasteiger charge is -2.32. The predicted molar refractivity (Wildman–Crippen MR) is 76.0 cm³/mol. The van der Waals surface area contributed by atoms with E-state index in [0.717, 1.165) is 18.9 Å². The van der Waals surface area contributed by atoms with Crippen LogP contribution in [0.1, 0.15) is 45.6 Å². The maximum atomic E-state index is 5.52. The molecule has 1 aromatic rings. The van der Waals surface area contributed by atoms with Crippen molar-refractivity contribution in [3.8, 4) is 5.75 Å². The van der Waals surface area contributed by atoms with Crippen molar-refractivity contribution in [3.05, 3.63) is 29.8 Å². The van der Waals surface area contributed by atoms with Crippen LogP contribution < -0.4 is 10.1 Å². The summed E-state index contributed by atoms with van der Waals surface area (Å²) in [6.45, 7) is 8.49. The van der Waals surface area contributed by atoms with Crippen LogP contribution in [-0.4, -0.2) is 13.2 Å². The average Bonchev–Trinajstić information content (AvgIpc) is 2.79. The second-order valence-electron chi connectivity index (χ2n) is 5.67. The summed E-state index contributed by atoms with van der Waals surface area (Å²) in [5, 5.41) is 3.73. The molecule has 100 valence electrons. The van der Waals surface area contributed by atoms with Gasteiger partial charge in [-0.3, -0.25) is 0 Å². The second-order valence-corrected chi connectivity index (χ2v) is 5.67. The number of rotatable bonds is 5. The summed E-state index contributed by atoms with van der Waals surface area (Å²) >= 11 is 0. The van der Waals surface area contributed by atoms with Crippen molar-refractivity contribution in [1.29, 1.82) is 0 Å². The van der Waals surface area contributed by atoms with Gasteiger partial charge >= 0.3 is 0 Å². The molecule has 1 unspecified atom stereocenters. The lowest BCUT2D eigenvalue weighted by molar-refractivity contribution is 0.309. The van der Waals surface area contributed by atoms with E-state index in [9.17, 15) is 0 Å². The molecule has 2 rings (SSSR count). The first-order valence-electron chi connectivity index (χ1n) is 7.14. The third-order valence-corrected chi connectivity index (χ3v) is 3.72. The highest BCUT2D eigenvalue weighted by Crippen LogP contribution is 2.37. The number of hydrogen-bond acceptors (Lipinski definition) is 2. The van der Waals surface area contributed by atoms with E-state index in [2.05, 4.69) is 43.4 Å². The summed E-state index contributed by atoms with van der Waals surface area (Å²) in [6.07, 6.45) is 3.74. The molecule has 1 saturated heterocycles. The van der Waals surface area contributed by atoms with Crippen LogP contribution in [0.15, 0.2) is 24.3 Å². The molecule has 0 aromatic heterocycles. The normalized spacial score (nSPS) is 23.6. The maximum absolute atomic E-state index is 5.52. The number of benzene rings is 1. The first-order valence-corrected chi connectivity index (χ1v) is 7.14. The van der Waals surface area contributed by atoms with E-state index < -0.39 is 0 Å². The summed E-state index contributed by atoms with van der Waals surface area (Å²) in [7, 11) is 0. The molecular formula is C16H25NO. The van der Waals surface area contributed by atoms with Crippen molar-refractivity contribution in [2.45, 2.75) is 45.6 Å². The molecule has 0 radical (unpaired) electrons.